The predicted octanol–water partition coefficient (Wildman–Crippen LogP) is 2.61. The summed E-state index contributed by atoms with van der Waals surface area (Å²) in [6.07, 6.45) is 4.53. The summed E-state index contributed by atoms with van der Waals surface area (Å²) >= 11 is 1.43. The van der Waals surface area contributed by atoms with Crippen LogP contribution in [0.2, 0.25) is 0 Å². The first-order valence-corrected chi connectivity index (χ1v) is 11.4. The minimum absolute atomic E-state index is 0.0480. The monoisotopic (exact) mass is 436 g/mol. The summed E-state index contributed by atoms with van der Waals surface area (Å²) in [5.74, 6) is 0.136. The number of anilines is 1. The van der Waals surface area contributed by atoms with Gasteiger partial charge in [0, 0.05) is 50.3 Å². The number of benzene rings is 1. The summed E-state index contributed by atoms with van der Waals surface area (Å²) in [4.78, 5) is 29.2. The van der Waals surface area contributed by atoms with Crippen molar-refractivity contribution < 1.29 is 9.59 Å². The number of aromatic nitrogens is 4. The minimum atomic E-state index is -0.308. The van der Waals surface area contributed by atoms with Gasteiger partial charge in [-0.2, -0.15) is 5.10 Å². The molecule has 3 aromatic rings. The van der Waals surface area contributed by atoms with Crippen molar-refractivity contribution in [2.75, 3.05) is 24.5 Å². The van der Waals surface area contributed by atoms with Crippen LogP contribution < -0.4 is 4.90 Å². The molecule has 4 heterocycles. The number of hydrogen-bond acceptors (Lipinski definition) is 6. The number of nitrogens with one attached hydrogen (secondary N) is 1. The molecule has 8 nitrogen and oxygen atoms in total. The summed E-state index contributed by atoms with van der Waals surface area (Å²) in [7, 11) is 0. The molecule has 2 fully saturated rings. The Balaban J connectivity index is 1.19. The molecule has 0 aliphatic carbocycles. The molecule has 0 radical (unpaired) electrons. The Labute approximate surface area is 184 Å². The molecular weight excluding hydrogens is 412 g/mol. The highest BCUT2D eigenvalue weighted by Gasteiger charge is 2.39. The second-order valence-electron chi connectivity index (χ2n) is 8.16. The zero-order valence-electron chi connectivity index (χ0n) is 17.1. The molecule has 2 amide bonds. The quantitative estimate of drug-likeness (QED) is 0.663. The van der Waals surface area contributed by atoms with Crippen LogP contribution in [0.4, 0.5) is 5.13 Å². The van der Waals surface area contributed by atoms with Gasteiger partial charge in [-0.15, -0.1) is 10.2 Å². The Hall–Kier alpha value is -3.07. The predicted molar refractivity (Wildman–Crippen MR) is 117 cm³/mol. The van der Waals surface area contributed by atoms with Gasteiger partial charge in [-0.3, -0.25) is 19.6 Å². The average Bonchev–Trinajstić information content (AvgIpc) is 3.55. The van der Waals surface area contributed by atoms with E-state index in [1.54, 1.807) is 11.1 Å². The van der Waals surface area contributed by atoms with E-state index in [2.05, 4.69) is 20.4 Å². The van der Waals surface area contributed by atoms with E-state index >= 15 is 0 Å². The van der Waals surface area contributed by atoms with Gasteiger partial charge in [-0.1, -0.05) is 41.7 Å². The fraction of sp³-hybridized carbons (Fsp3) is 0.409. The smallest absolute Gasteiger partial charge is 0.229 e. The highest BCUT2D eigenvalue weighted by molar-refractivity contribution is 7.15. The zero-order valence-corrected chi connectivity index (χ0v) is 17.9. The molecule has 0 spiro atoms. The molecule has 2 saturated heterocycles. The number of amides is 2. The van der Waals surface area contributed by atoms with Crippen LogP contribution in [0.1, 0.15) is 41.4 Å². The van der Waals surface area contributed by atoms with E-state index in [4.69, 9.17) is 0 Å². The van der Waals surface area contributed by atoms with Gasteiger partial charge in [0.2, 0.25) is 16.9 Å². The van der Waals surface area contributed by atoms with Crippen molar-refractivity contribution in [3.05, 3.63) is 58.9 Å². The summed E-state index contributed by atoms with van der Waals surface area (Å²) in [5, 5.41) is 17.0. The number of aromatic amines is 1. The van der Waals surface area contributed by atoms with Crippen molar-refractivity contribution in [1.29, 1.82) is 0 Å². The molecule has 1 N–H and O–H groups in total. The van der Waals surface area contributed by atoms with Gasteiger partial charge in [0.1, 0.15) is 5.01 Å². The number of nitrogens with zero attached hydrogens (tertiary/aromatic N) is 5. The van der Waals surface area contributed by atoms with Crippen LogP contribution in [-0.2, 0) is 16.0 Å². The van der Waals surface area contributed by atoms with Crippen molar-refractivity contribution in [2.24, 2.45) is 5.92 Å². The SMILES string of the molecule is O=C(C1CC(=O)N(c2nnc(Cc3ccccc3)s2)C1)N1CCC(c2ccn[nH]2)CC1. The third-order valence-electron chi connectivity index (χ3n) is 6.13. The molecule has 31 heavy (non-hydrogen) atoms. The summed E-state index contributed by atoms with van der Waals surface area (Å²) in [6.45, 7) is 1.82. The Morgan fingerprint density at radius 1 is 1.13 bits per heavy atom. The second-order valence-corrected chi connectivity index (χ2v) is 9.20. The lowest BCUT2D eigenvalue weighted by molar-refractivity contribution is -0.136. The van der Waals surface area contributed by atoms with Gasteiger partial charge in [0.15, 0.2) is 0 Å². The highest BCUT2D eigenvalue weighted by Crippen LogP contribution is 2.32. The Morgan fingerprint density at radius 2 is 1.94 bits per heavy atom. The second kappa shape index (κ2) is 8.58. The van der Waals surface area contributed by atoms with Crippen molar-refractivity contribution in [3.63, 3.8) is 0 Å². The summed E-state index contributed by atoms with van der Waals surface area (Å²) in [6, 6.07) is 12.1. The van der Waals surface area contributed by atoms with E-state index in [1.807, 2.05) is 41.3 Å². The van der Waals surface area contributed by atoms with Gasteiger partial charge >= 0.3 is 0 Å². The number of carbonyl (C=O) groups is 2. The lowest BCUT2D eigenvalue weighted by Crippen LogP contribution is -2.42. The van der Waals surface area contributed by atoms with Crippen molar-refractivity contribution >= 4 is 28.3 Å². The zero-order chi connectivity index (χ0) is 21.2. The van der Waals surface area contributed by atoms with Gasteiger partial charge in [-0.05, 0) is 24.5 Å². The van der Waals surface area contributed by atoms with E-state index in [0.717, 1.165) is 29.1 Å². The molecule has 160 valence electrons. The lowest BCUT2D eigenvalue weighted by atomic mass is 9.93. The molecule has 1 aromatic carbocycles. The van der Waals surface area contributed by atoms with Crippen LogP contribution in [0.25, 0.3) is 0 Å². The highest BCUT2D eigenvalue weighted by atomic mass is 32.1. The van der Waals surface area contributed by atoms with Crippen LogP contribution in [0.5, 0.6) is 0 Å². The first-order chi connectivity index (χ1) is 15.2. The van der Waals surface area contributed by atoms with Crippen LogP contribution in [0, 0.1) is 5.92 Å². The first-order valence-electron chi connectivity index (χ1n) is 10.6. The largest absolute Gasteiger partial charge is 0.342 e. The average molecular weight is 437 g/mol. The van der Waals surface area contributed by atoms with Crippen LogP contribution in [0.3, 0.4) is 0 Å². The molecule has 1 atom stereocenters. The molecule has 1 unspecified atom stereocenters. The van der Waals surface area contributed by atoms with E-state index < -0.39 is 0 Å². The fourth-order valence-electron chi connectivity index (χ4n) is 4.42. The maximum atomic E-state index is 13.1. The van der Waals surface area contributed by atoms with Crippen LogP contribution >= 0.6 is 11.3 Å². The topological polar surface area (TPSA) is 95.1 Å². The van der Waals surface area contributed by atoms with Gasteiger partial charge in [0.25, 0.3) is 0 Å². The third kappa shape index (κ3) is 4.23. The normalized spacial score (nSPS) is 19.9. The van der Waals surface area contributed by atoms with Crippen molar-refractivity contribution in [2.45, 2.75) is 31.6 Å². The molecule has 2 aromatic heterocycles. The van der Waals surface area contributed by atoms with Crippen LogP contribution in [-0.4, -0.2) is 56.7 Å². The molecule has 0 saturated carbocycles. The molecule has 9 heteroatoms. The number of rotatable bonds is 5. The first kappa shape index (κ1) is 19.9. The van der Waals surface area contributed by atoms with Gasteiger partial charge < -0.3 is 4.90 Å². The standard InChI is InChI=1S/C22H24N6O2S/c29-20-13-17(21(30)27-10-7-16(8-11-27)18-6-9-23-24-18)14-28(20)22-26-25-19(31-22)12-15-4-2-1-3-5-15/h1-6,9,16-17H,7-8,10-14H2,(H,23,24). The van der Waals surface area contributed by atoms with E-state index in [1.165, 1.54) is 11.3 Å². The molecule has 2 aliphatic heterocycles. The van der Waals surface area contributed by atoms with E-state index in [-0.39, 0.29) is 24.2 Å². The number of piperidine rings is 1. The summed E-state index contributed by atoms with van der Waals surface area (Å²) in [5.41, 5.74) is 2.29. The lowest BCUT2D eigenvalue weighted by Gasteiger charge is -2.33. The molecule has 0 bridgehead atoms. The molecule has 2 aliphatic rings. The number of carbonyl (C=O) groups excluding carboxylic acids is 2. The van der Waals surface area contributed by atoms with E-state index in [0.29, 0.717) is 37.1 Å². The Morgan fingerprint density at radius 3 is 2.68 bits per heavy atom. The maximum absolute atomic E-state index is 13.1. The fourth-order valence-corrected chi connectivity index (χ4v) is 5.32. The Kier molecular flexibility index (Phi) is 5.50. The maximum Gasteiger partial charge on any atom is 0.229 e. The minimum Gasteiger partial charge on any atom is -0.342 e. The molecule has 5 rings (SSSR count). The van der Waals surface area contributed by atoms with Crippen molar-refractivity contribution in [3.8, 4) is 0 Å². The van der Waals surface area contributed by atoms with E-state index in [9.17, 15) is 9.59 Å². The van der Waals surface area contributed by atoms with Gasteiger partial charge in [-0.25, -0.2) is 0 Å². The third-order valence-corrected chi connectivity index (χ3v) is 7.07. The number of likely N-dealkylation sites (tertiary alicyclic amines) is 1. The van der Waals surface area contributed by atoms with Gasteiger partial charge in [0.05, 0.1) is 5.92 Å². The number of hydrogen-bond donors (Lipinski definition) is 1. The molecular formula is C22H24N6O2S. The van der Waals surface area contributed by atoms with Crippen molar-refractivity contribution in [1.82, 2.24) is 25.3 Å². The van der Waals surface area contributed by atoms with Crippen LogP contribution in [0.15, 0.2) is 42.6 Å². The summed E-state index contributed by atoms with van der Waals surface area (Å²) < 4.78 is 0. The number of H-pyrrole nitrogens is 1. The Bertz CT molecular complexity index is 1040.